The third-order valence-electron chi connectivity index (χ3n) is 4.58. The highest BCUT2D eigenvalue weighted by Gasteiger charge is 2.26. The fourth-order valence-corrected chi connectivity index (χ4v) is 3.12. The Morgan fingerprint density at radius 1 is 1.33 bits per heavy atom. The number of aromatic nitrogens is 2. The first-order valence-corrected chi connectivity index (χ1v) is 8.43. The Morgan fingerprint density at radius 2 is 2.04 bits per heavy atom. The summed E-state index contributed by atoms with van der Waals surface area (Å²) >= 11 is 0. The molecule has 130 valence electrons. The molecule has 7 heteroatoms. The van der Waals surface area contributed by atoms with Gasteiger partial charge in [-0.25, -0.2) is 4.98 Å². The van der Waals surface area contributed by atoms with Gasteiger partial charge < -0.3 is 14.5 Å². The molecule has 1 aliphatic rings. The van der Waals surface area contributed by atoms with Crippen molar-refractivity contribution in [2.45, 2.75) is 33.3 Å². The topological polar surface area (TPSA) is 82.7 Å². The molecular weight excluding hydrogens is 308 g/mol. The van der Waals surface area contributed by atoms with Gasteiger partial charge in [0, 0.05) is 38.4 Å². The molecule has 0 saturated carbocycles. The van der Waals surface area contributed by atoms with Crippen LogP contribution in [0.3, 0.4) is 0 Å². The van der Waals surface area contributed by atoms with Gasteiger partial charge in [-0.1, -0.05) is 12.1 Å². The maximum absolute atomic E-state index is 13.0. The Morgan fingerprint density at radius 3 is 2.71 bits per heavy atom. The molecule has 24 heavy (non-hydrogen) atoms. The average molecular weight is 332 g/mol. The highest BCUT2D eigenvalue weighted by atomic mass is 16.5. The Balaban J connectivity index is 1.75. The van der Waals surface area contributed by atoms with Gasteiger partial charge in [-0.3, -0.25) is 9.69 Å². The largest absolute Gasteiger partial charge is 0.392 e. The van der Waals surface area contributed by atoms with E-state index in [2.05, 4.69) is 15.0 Å². The fraction of sp³-hybridized carbons (Fsp3) is 0.588. The van der Waals surface area contributed by atoms with E-state index in [4.69, 9.17) is 4.52 Å². The molecule has 1 fully saturated rings. The minimum absolute atomic E-state index is 0.00695. The van der Waals surface area contributed by atoms with E-state index in [-0.39, 0.29) is 12.0 Å². The number of piperazine rings is 1. The van der Waals surface area contributed by atoms with Crippen molar-refractivity contribution < 1.29 is 14.4 Å². The quantitative estimate of drug-likeness (QED) is 0.910. The summed E-state index contributed by atoms with van der Waals surface area (Å²) in [5.74, 6) is -0.00695. The van der Waals surface area contributed by atoms with Crippen LogP contribution in [0, 0.1) is 13.8 Å². The SMILES string of the molecule is CC[C@H](O)CN1CCN(C(=O)c2cc(C)nc3onc(C)c23)CC1. The minimum Gasteiger partial charge on any atom is -0.392 e. The van der Waals surface area contributed by atoms with Crippen LogP contribution in [0.5, 0.6) is 0 Å². The number of carbonyl (C=O) groups is 1. The van der Waals surface area contributed by atoms with E-state index in [0.29, 0.717) is 42.0 Å². The number of β-amino-alcohol motifs (C(OH)–C–C–N with tert-alkyl or cyclic N) is 1. The minimum atomic E-state index is -0.297. The lowest BCUT2D eigenvalue weighted by Crippen LogP contribution is -2.50. The van der Waals surface area contributed by atoms with Gasteiger partial charge in [-0.05, 0) is 26.3 Å². The summed E-state index contributed by atoms with van der Waals surface area (Å²) in [5, 5.41) is 14.4. The molecule has 1 saturated heterocycles. The summed E-state index contributed by atoms with van der Waals surface area (Å²) in [5.41, 5.74) is 2.45. The molecule has 0 spiro atoms. The predicted octanol–water partition coefficient (Wildman–Crippen LogP) is 1.37. The smallest absolute Gasteiger partial charge is 0.258 e. The number of hydrogen-bond donors (Lipinski definition) is 1. The van der Waals surface area contributed by atoms with Crippen molar-refractivity contribution >= 4 is 17.0 Å². The number of hydrogen-bond acceptors (Lipinski definition) is 6. The van der Waals surface area contributed by atoms with Crippen LogP contribution in [0.1, 0.15) is 35.1 Å². The van der Waals surface area contributed by atoms with E-state index in [0.717, 1.165) is 25.2 Å². The molecule has 3 rings (SSSR count). The number of fused-ring (bicyclic) bond motifs is 1. The number of aliphatic hydroxyl groups excluding tert-OH is 1. The molecule has 0 bridgehead atoms. The van der Waals surface area contributed by atoms with Crippen molar-refractivity contribution in [3.05, 3.63) is 23.0 Å². The van der Waals surface area contributed by atoms with E-state index in [1.165, 1.54) is 0 Å². The summed E-state index contributed by atoms with van der Waals surface area (Å²) in [4.78, 5) is 21.3. The summed E-state index contributed by atoms with van der Waals surface area (Å²) < 4.78 is 5.21. The number of rotatable bonds is 4. The number of pyridine rings is 1. The van der Waals surface area contributed by atoms with E-state index < -0.39 is 0 Å². The highest BCUT2D eigenvalue weighted by Crippen LogP contribution is 2.23. The monoisotopic (exact) mass is 332 g/mol. The first kappa shape index (κ1) is 16.9. The lowest BCUT2D eigenvalue weighted by Gasteiger charge is -2.35. The summed E-state index contributed by atoms with van der Waals surface area (Å²) in [6, 6.07) is 1.81. The Hall–Kier alpha value is -1.99. The molecule has 1 atom stereocenters. The third kappa shape index (κ3) is 3.27. The van der Waals surface area contributed by atoms with Gasteiger partial charge in [-0.15, -0.1) is 0 Å². The zero-order chi connectivity index (χ0) is 17.3. The molecule has 0 radical (unpaired) electrons. The molecule has 7 nitrogen and oxygen atoms in total. The second-order valence-corrected chi connectivity index (χ2v) is 6.41. The maximum atomic E-state index is 13.0. The van der Waals surface area contributed by atoms with Crippen molar-refractivity contribution in [3.63, 3.8) is 0 Å². The van der Waals surface area contributed by atoms with Gasteiger partial charge >= 0.3 is 0 Å². The summed E-state index contributed by atoms with van der Waals surface area (Å²) in [6.07, 6.45) is 0.453. The molecule has 2 aromatic heterocycles. The normalized spacial score (nSPS) is 17.4. The molecule has 3 heterocycles. The molecule has 1 aliphatic heterocycles. The highest BCUT2D eigenvalue weighted by molar-refractivity contribution is 6.06. The predicted molar refractivity (Wildman–Crippen MR) is 89.9 cm³/mol. The van der Waals surface area contributed by atoms with Crippen LogP contribution in [0.25, 0.3) is 11.1 Å². The molecule has 0 aliphatic carbocycles. The standard InChI is InChI=1S/C17H24N4O3/c1-4-13(22)10-20-5-7-21(8-6-20)17(23)14-9-11(2)18-16-15(14)12(3)19-24-16/h9,13,22H,4-8,10H2,1-3H3/t13-/m0/s1. The number of amides is 1. The Kier molecular flexibility index (Phi) is 4.82. The summed E-state index contributed by atoms with van der Waals surface area (Å²) in [7, 11) is 0. The summed E-state index contributed by atoms with van der Waals surface area (Å²) in [6.45, 7) is 9.18. The molecular formula is C17H24N4O3. The number of nitrogens with zero attached hydrogens (tertiary/aromatic N) is 4. The van der Waals surface area contributed by atoms with Crippen LogP contribution in [0.15, 0.2) is 10.6 Å². The molecule has 0 unspecified atom stereocenters. The van der Waals surface area contributed by atoms with Gasteiger partial charge in [0.2, 0.25) is 0 Å². The Bertz CT molecular complexity index is 735. The van der Waals surface area contributed by atoms with Gasteiger partial charge in [0.05, 0.1) is 22.7 Å². The van der Waals surface area contributed by atoms with Crippen molar-refractivity contribution in [1.82, 2.24) is 19.9 Å². The zero-order valence-corrected chi connectivity index (χ0v) is 14.4. The number of aryl methyl sites for hydroxylation is 2. The van der Waals surface area contributed by atoms with Crippen LogP contribution in [0.2, 0.25) is 0 Å². The zero-order valence-electron chi connectivity index (χ0n) is 14.4. The lowest BCUT2D eigenvalue weighted by molar-refractivity contribution is 0.0525. The van der Waals surface area contributed by atoms with E-state index >= 15 is 0 Å². The molecule has 1 amide bonds. The van der Waals surface area contributed by atoms with Crippen LogP contribution in [-0.2, 0) is 0 Å². The maximum Gasteiger partial charge on any atom is 0.258 e. The van der Waals surface area contributed by atoms with Crippen molar-refractivity contribution in [1.29, 1.82) is 0 Å². The van der Waals surface area contributed by atoms with Crippen LogP contribution >= 0.6 is 0 Å². The van der Waals surface area contributed by atoms with Crippen molar-refractivity contribution in [3.8, 4) is 0 Å². The molecule has 1 N–H and O–H groups in total. The van der Waals surface area contributed by atoms with E-state index in [1.54, 1.807) is 0 Å². The van der Waals surface area contributed by atoms with Gasteiger partial charge in [0.15, 0.2) is 0 Å². The lowest BCUT2D eigenvalue weighted by atomic mass is 10.1. The molecule has 2 aromatic rings. The van der Waals surface area contributed by atoms with Gasteiger partial charge in [0.1, 0.15) is 0 Å². The molecule has 0 aromatic carbocycles. The Labute approximate surface area is 141 Å². The number of aliphatic hydroxyl groups is 1. The second kappa shape index (κ2) is 6.86. The average Bonchev–Trinajstić information content (AvgIpc) is 2.95. The third-order valence-corrected chi connectivity index (χ3v) is 4.58. The number of carbonyl (C=O) groups excluding carboxylic acids is 1. The van der Waals surface area contributed by atoms with E-state index in [1.807, 2.05) is 31.7 Å². The fourth-order valence-electron chi connectivity index (χ4n) is 3.12. The van der Waals surface area contributed by atoms with Crippen LogP contribution in [-0.4, -0.2) is 69.8 Å². The van der Waals surface area contributed by atoms with Gasteiger partial charge in [0.25, 0.3) is 11.6 Å². The first-order valence-electron chi connectivity index (χ1n) is 8.43. The van der Waals surface area contributed by atoms with Crippen LogP contribution < -0.4 is 0 Å². The van der Waals surface area contributed by atoms with Crippen molar-refractivity contribution in [2.75, 3.05) is 32.7 Å². The van der Waals surface area contributed by atoms with Crippen molar-refractivity contribution in [2.24, 2.45) is 0 Å². The van der Waals surface area contributed by atoms with Gasteiger partial charge in [-0.2, -0.15) is 0 Å². The second-order valence-electron chi connectivity index (χ2n) is 6.41. The van der Waals surface area contributed by atoms with E-state index in [9.17, 15) is 9.90 Å². The first-order chi connectivity index (χ1) is 11.5. The van der Waals surface area contributed by atoms with Crippen LogP contribution in [0.4, 0.5) is 0 Å².